The second kappa shape index (κ2) is 16.5. The van der Waals surface area contributed by atoms with Gasteiger partial charge in [-0.15, -0.1) is 0 Å². The van der Waals surface area contributed by atoms with Gasteiger partial charge in [0.25, 0.3) is 0 Å². The van der Waals surface area contributed by atoms with Crippen LogP contribution in [0.2, 0.25) is 0 Å². The van der Waals surface area contributed by atoms with E-state index >= 15 is 0 Å². The first-order chi connectivity index (χ1) is 18.7. The fourth-order valence-corrected chi connectivity index (χ4v) is 6.38. The summed E-state index contributed by atoms with van der Waals surface area (Å²) < 4.78 is 24.1. The zero-order valence-electron chi connectivity index (χ0n) is 22.9. The fourth-order valence-electron chi connectivity index (χ4n) is 4.84. The van der Waals surface area contributed by atoms with Crippen LogP contribution in [0.15, 0.2) is 24.3 Å². The van der Waals surface area contributed by atoms with Crippen LogP contribution in [0.25, 0.3) is 0 Å². The van der Waals surface area contributed by atoms with Crippen molar-refractivity contribution in [3.05, 3.63) is 57.6 Å². The summed E-state index contributed by atoms with van der Waals surface area (Å²) in [5.41, 5.74) is 2.83. The molecule has 2 aromatic rings. The zero-order valence-corrected chi connectivity index (χ0v) is 25.8. The average molecular weight is 662 g/mol. The van der Waals surface area contributed by atoms with Crippen LogP contribution in [0, 0.1) is 0 Å². The Balaban J connectivity index is 0.00000840. The molecule has 0 fully saturated rings. The first-order valence-electron chi connectivity index (χ1n) is 12.7. The second-order valence-electron chi connectivity index (χ2n) is 9.68. The summed E-state index contributed by atoms with van der Waals surface area (Å²) >= 11 is 0. The molecule has 0 radical (unpaired) electrons. The Hall–Kier alpha value is -1.34. The summed E-state index contributed by atoms with van der Waals surface area (Å²) in [6.07, 6.45) is -0.775. The summed E-state index contributed by atoms with van der Waals surface area (Å²) in [7, 11) is -9.38. The van der Waals surface area contributed by atoms with Crippen LogP contribution in [0.3, 0.4) is 0 Å². The van der Waals surface area contributed by atoms with E-state index in [-0.39, 0.29) is 61.4 Å². The molecule has 0 spiro atoms. The molecule has 13 nitrogen and oxygen atoms in total. The minimum absolute atomic E-state index is 0. The normalized spacial score (nSPS) is 13.0. The predicted octanol–water partition coefficient (Wildman–Crippen LogP) is 1.14. The number of hydrogen-bond donors (Lipinski definition) is 9. The van der Waals surface area contributed by atoms with Crippen LogP contribution < -0.4 is 0 Å². The standard InChI is InChI=1S/C25H40N2O11P2.Fe/c1-3-18-7-17(12-28)8-25(32)22(18)10-26(15-39(33,34)35)9-20(14-30)27(16-40(36,37)38)11-23-21(4-2)19(13-29)5-6-24(23)31;/h5-8,20,28-32H,3-4,9-16H2,1-2H3,(H2,33,34,35)(H2,36,37,38);/q;+2. The van der Waals surface area contributed by atoms with Crippen LogP contribution in [0.5, 0.6) is 11.5 Å². The first-order valence-corrected chi connectivity index (χ1v) is 16.3. The summed E-state index contributed by atoms with van der Waals surface area (Å²) in [6, 6.07) is 4.84. The molecular weight excluding hydrogens is 622 g/mol. The molecule has 9 N–H and O–H groups in total. The molecule has 1 atom stereocenters. The largest absolute Gasteiger partial charge is 2.00 e. The number of rotatable bonds is 16. The maximum Gasteiger partial charge on any atom is 2.00 e. The Morgan fingerprint density at radius 1 is 0.756 bits per heavy atom. The van der Waals surface area contributed by atoms with Crippen molar-refractivity contribution in [1.29, 1.82) is 0 Å². The van der Waals surface area contributed by atoms with E-state index in [4.69, 9.17) is 0 Å². The number of phenolic OH excluding ortho intramolecular Hbond substituents is 2. The number of nitrogens with zero attached hydrogens (tertiary/aromatic N) is 2. The molecule has 0 aliphatic heterocycles. The molecule has 2 aromatic carbocycles. The van der Waals surface area contributed by atoms with Gasteiger partial charge in [-0.1, -0.05) is 26.0 Å². The van der Waals surface area contributed by atoms with Gasteiger partial charge in [0.1, 0.15) is 24.1 Å². The van der Waals surface area contributed by atoms with Crippen molar-refractivity contribution in [1.82, 2.24) is 9.80 Å². The third-order valence-corrected chi connectivity index (χ3v) is 8.16. The Bertz CT molecular complexity index is 1240. The maximum absolute atomic E-state index is 12.1. The number of hydrogen-bond acceptors (Lipinski definition) is 9. The Labute approximate surface area is 249 Å². The average Bonchev–Trinajstić information content (AvgIpc) is 2.86. The first kappa shape index (κ1) is 37.7. The van der Waals surface area contributed by atoms with Gasteiger partial charge in [0.05, 0.1) is 19.8 Å². The molecule has 0 aliphatic carbocycles. The van der Waals surface area contributed by atoms with Gasteiger partial charge in [0, 0.05) is 36.8 Å². The van der Waals surface area contributed by atoms with Crippen molar-refractivity contribution in [2.45, 2.75) is 59.0 Å². The van der Waals surface area contributed by atoms with E-state index in [0.29, 0.717) is 46.2 Å². The van der Waals surface area contributed by atoms with E-state index in [0.717, 1.165) is 0 Å². The smallest absolute Gasteiger partial charge is 0.508 e. The number of aliphatic hydroxyl groups is 3. The molecule has 16 heteroatoms. The number of phenols is 2. The molecule has 0 heterocycles. The van der Waals surface area contributed by atoms with E-state index < -0.39 is 40.4 Å². The number of aryl methyl sites for hydroxylation is 1. The van der Waals surface area contributed by atoms with Crippen LogP contribution >= 0.6 is 15.2 Å². The van der Waals surface area contributed by atoms with Crippen molar-refractivity contribution >= 4 is 15.2 Å². The van der Waals surface area contributed by atoms with Gasteiger partial charge < -0.3 is 45.1 Å². The Kier molecular flexibility index (Phi) is 15.2. The Morgan fingerprint density at radius 3 is 1.88 bits per heavy atom. The molecule has 2 rings (SSSR count). The van der Waals surface area contributed by atoms with Crippen molar-refractivity contribution < 1.29 is 71.3 Å². The molecule has 232 valence electrons. The van der Waals surface area contributed by atoms with E-state index in [1.165, 1.54) is 28.0 Å². The molecule has 0 saturated heterocycles. The monoisotopic (exact) mass is 662 g/mol. The van der Waals surface area contributed by atoms with E-state index in [1.807, 2.05) is 6.92 Å². The predicted molar refractivity (Wildman–Crippen MR) is 147 cm³/mol. The number of aromatic hydroxyl groups is 2. The van der Waals surface area contributed by atoms with Crippen LogP contribution in [0.4, 0.5) is 0 Å². The van der Waals surface area contributed by atoms with Crippen molar-refractivity contribution in [3.63, 3.8) is 0 Å². The topological polar surface area (TPSA) is 223 Å². The minimum Gasteiger partial charge on any atom is -0.508 e. The molecule has 41 heavy (non-hydrogen) atoms. The number of benzene rings is 2. The summed E-state index contributed by atoms with van der Waals surface area (Å²) in [6.45, 7) is 1.62. The van der Waals surface area contributed by atoms with Gasteiger partial charge in [-0.25, -0.2) is 0 Å². The molecule has 1 unspecified atom stereocenters. The van der Waals surface area contributed by atoms with Crippen LogP contribution in [-0.4, -0.2) is 86.7 Å². The van der Waals surface area contributed by atoms with Crippen molar-refractivity contribution in [3.8, 4) is 11.5 Å². The summed E-state index contributed by atoms with van der Waals surface area (Å²) in [5.74, 6) is -0.361. The van der Waals surface area contributed by atoms with Crippen LogP contribution in [0.1, 0.15) is 47.2 Å². The third-order valence-electron chi connectivity index (χ3n) is 6.66. The molecule has 0 aliphatic rings. The van der Waals surface area contributed by atoms with Crippen LogP contribution in [-0.2, 0) is 65.3 Å². The fraction of sp³-hybridized carbons (Fsp3) is 0.520. The summed E-state index contributed by atoms with van der Waals surface area (Å²) in [4.78, 5) is 41.7. The maximum atomic E-state index is 12.1. The molecule has 0 amide bonds. The zero-order chi connectivity index (χ0) is 30.3. The summed E-state index contributed by atoms with van der Waals surface area (Å²) in [5, 5.41) is 50.7. The molecule has 0 bridgehead atoms. The van der Waals surface area contributed by atoms with E-state index in [1.54, 1.807) is 13.0 Å². The molecular formula is C25H40FeN2O11P2+2. The van der Waals surface area contributed by atoms with Gasteiger partial charge in [0.2, 0.25) is 0 Å². The van der Waals surface area contributed by atoms with Gasteiger partial charge >= 0.3 is 32.3 Å². The SMILES string of the molecule is CCc1cc(CO)cc(O)c1CN(CC(CO)N(Cc1c(O)ccc(CO)c1CC)CP(=O)(O)O)CP(=O)(O)O.[Fe+2]. The minimum atomic E-state index is -4.72. The number of aliphatic hydroxyl groups excluding tert-OH is 3. The quantitative estimate of drug-likeness (QED) is 0.0910. The van der Waals surface area contributed by atoms with Crippen molar-refractivity contribution in [2.75, 3.05) is 25.7 Å². The van der Waals surface area contributed by atoms with Crippen molar-refractivity contribution in [2.24, 2.45) is 0 Å². The van der Waals surface area contributed by atoms with Gasteiger partial charge in [-0.05, 0) is 47.2 Å². The second-order valence-corrected chi connectivity index (χ2v) is 12.9. The van der Waals surface area contributed by atoms with Gasteiger partial charge in [0.15, 0.2) is 0 Å². The third kappa shape index (κ3) is 11.3. The van der Waals surface area contributed by atoms with E-state index in [9.17, 15) is 54.2 Å². The van der Waals surface area contributed by atoms with Gasteiger partial charge in [-0.2, -0.15) is 0 Å². The van der Waals surface area contributed by atoms with Gasteiger partial charge in [-0.3, -0.25) is 18.9 Å². The Morgan fingerprint density at radius 2 is 1.39 bits per heavy atom. The molecule has 0 saturated carbocycles. The van der Waals surface area contributed by atoms with E-state index in [2.05, 4.69) is 0 Å². The molecule has 0 aromatic heterocycles.